The highest BCUT2D eigenvalue weighted by Gasteiger charge is 2.35. The van der Waals surface area contributed by atoms with Crippen LogP contribution in [-0.4, -0.2) is 18.2 Å². The van der Waals surface area contributed by atoms with Crippen LogP contribution in [0.1, 0.15) is 42.4 Å². The molecule has 0 saturated carbocycles. The predicted molar refractivity (Wildman–Crippen MR) is 94.3 cm³/mol. The Morgan fingerprint density at radius 3 is 2.48 bits per heavy atom. The summed E-state index contributed by atoms with van der Waals surface area (Å²) in [5.41, 5.74) is 9.13. The summed E-state index contributed by atoms with van der Waals surface area (Å²) in [6.45, 7) is 4.25. The van der Waals surface area contributed by atoms with Gasteiger partial charge in [-0.2, -0.15) is 0 Å². The molecule has 2 aromatic rings. The van der Waals surface area contributed by atoms with Crippen LogP contribution in [0.2, 0.25) is 0 Å². The number of ether oxygens (including phenoxy) is 2. The van der Waals surface area contributed by atoms with E-state index < -0.39 is 11.9 Å². The Morgan fingerprint density at radius 2 is 1.88 bits per heavy atom. The van der Waals surface area contributed by atoms with Crippen molar-refractivity contribution in [1.29, 1.82) is 0 Å². The van der Waals surface area contributed by atoms with Crippen LogP contribution in [0.5, 0.6) is 11.5 Å². The third-order valence-corrected chi connectivity index (χ3v) is 4.42. The lowest BCUT2D eigenvalue weighted by Gasteiger charge is -2.28. The highest BCUT2D eigenvalue weighted by molar-refractivity contribution is 5.92. The first-order valence-corrected chi connectivity index (χ1v) is 8.11. The zero-order valence-corrected chi connectivity index (χ0v) is 14.4. The molecule has 0 spiro atoms. The number of carbonyl (C=O) groups excluding carboxylic acids is 1. The molecule has 0 aromatic heterocycles. The number of fused-ring (bicyclic) bond motifs is 1. The molecule has 1 aliphatic rings. The monoisotopic (exact) mass is 339 g/mol. The number of hydrogen-bond donors (Lipinski definition) is 2. The van der Waals surface area contributed by atoms with Crippen molar-refractivity contribution in [2.75, 3.05) is 7.11 Å². The van der Waals surface area contributed by atoms with Gasteiger partial charge in [-0.05, 0) is 23.1 Å². The number of carbonyl (C=O) groups is 1. The lowest BCUT2D eigenvalue weighted by Crippen LogP contribution is -2.26. The van der Waals surface area contributed by atoms with Crippen LogP contribution >= 0.6 is 0 Å². The van der Waals surface area contributed by atoms with Crippen LogP contribution < -0.4 is 10.5 Å². The van der Waals surface area contributed by atoms with Gasteiger partial charge in [0.2, 0.25) is 5.88 Å². The maximum Gasteiger partial charge on any atom is 0.340 e. The van der Waals surface area contributed by atoms with Crippen molar-refractivity contribution in [3.8, 4) is 11.5 Å². The Bertz CT molecular complexity index is 837. The first-order chi connectivity index (χ1) is 11.9. The topological polar surface area (TPSA) is 81.8 Å². The number of hydrogen-bond acceptors (Lipinski definition) is 5. The second kappa shape index (κ2) is 6.51. The fraction of sp³-hybridized carbons (Fsp3) is 0.250. The van der Waals surface area contributed by atoms with Crippen LogP contribution in [0.25, 0.3) is 0 Å². The van der Waals surface area contributed by atoms with Crippen LogP contribution in [0.15, 0.2) is 53.9 Å². The van der Waals surface area contributed by atoms with Crippen molar-refractivity contribution >= 4 is 5.97 Å². The number of rotatable bonds is 3. The van der Waals surface area contributed by atoms with E-state index in [0.717, 1.165) is 11.1 Å². The van der Waals surface area contributed by atoms with E-state index in [2.05, 4.69) is 13.8 Å². The molecular formula is C20H21NO4. The molecule has 3 rings (SSSR count). The van der Waals surface area contributed by atoms with Crippen molar-refractivity contribution in [2.24, 2.45) is 5.73 Å². The standard InChI is InChI=1S/C20H21NO4/c1-11(2)12-4-6-13(7-5-12)17-15-9-8-14(22)10-16(15)25-19(21)18(17)20(23)24-3/h4-11,17,22H,21H2,1-3H3. The van der Waals surface area contributed by atoms with Gasteiger partial charge in [-0.25, -0.2) is 4.79 Å². The zero-order chi connectivity index (χ0) is 18.1. The Morgan fingerprint density at radius 1 is 1.20 bits per heavy atom. The van der Waals surface area contributed by atoms with Gasteiger partial charge < -0.3 is 20.3 Å². The molecule has 0 fully saturated rings. The van der Waals surface area contributed by atoms with Crippen LogP contribution in [-0.2, 0) is 9.53 Å². The van der Waals surface area contributed by atoms with Gasteiger partial charge in [0.25, 0.3) is 0 Å². The van der Waals surface area contributed by atoms with Crippen molar-refractivity contribution in [1.82, 2.24) is 0 Å². The summed E-state index contributed by atoms with van der Waals surface area (Å²) in [7, 11) is 1.31. The fourth-order valence-electron chi connectivity index (χ4n) is 3.07. The molecule has 25 heavy (non-hydrogen) atoms. The van der Waals surface area contributed by atoms with Crippen molar-refractivity contribution in [2.45, 2.75) is 25.7 Å². The maximum absolute atomic E-state index is 12.3. The van der Waals surface area contributed by atoms with E-state index in [4.69, 9.17) is 15.2 Å². The smallest absolute Gasteiger partial charge is 0.340 e. The largest absolute Gasteiger partial charge is 0.508 e. The van der Waals surface area contributed by atoms with E-state index in [9.17, 15) is 9.90 Å². The van der Waals surface area contributed by atoms with E-state index >= 15 is 0 Å². The molecule has 130 valence electrons. The Kier molecular flexibility index (Phi) is 4.40. The minimum Gasteiger partial charge on any atom is -0.508 e. The summed E-state index contributed by atoms with van der Waals surface area (Å²) in [5, 5.41) is 9.72. The molecule has 0 amide bonds. The Labute approximate surface area is 146 Å². The van der Waals surface area contributed by atoms with Gasteiger partial charge in [0.15, 0.2) is 0 Å². The highest BCUT2D eigenvalue weighted by atomic mass is 16.5. The van der Waals surface area contributed by atoms with E-state index in [1.54, 1.807) is 12.1 Å². The van der Waals surface area contributed by atoms with Crippen LogP contribution in [0.4, 0.5) is 0 Å². The number of phenolic OH excluding ortho intramolecular Hbond substituents is 1. The SMILES string of the molecule is COC(=O)C1=C(N)Oc2cc(O)ccc2C1c1ccc(C(C)C)cc1. The summed E-state index contributed by atoms with van der Waals surface area (Å²) in [4.78, 5) is 12.3. The van der Waals surface area contributed by atoms with Gasteiger partial charge in [0.1, 0.15) is 17.1 Å². The van der Waals surface area contributed by atoms with Gasteiger partial charge in [-0.15, -0.1) is 0 Å². The third-order valence-electron chi connectivity index (χ3n) is 4.42. The van der Waals surface area contributed by atoms with E-state index in [-0.39, 0.29) is 17.2 Å². The Balaban J connectivity index is 2.16. The number of benzene rings is 2. The Hall–Kier alpha value is -2.95. The van der Waals surface area contributed by atoms with Crippen LogP contribution in [0.3, 0.4) is 0 Å². The van der Waals surface area contributed by atoms with Gasteiger partial charge in [-0.3, -0.25) is 0 Å². The molecule has 5 heteroatoms. The number of phenols is 1. The van der Waals surface area contributed by atoms with Crippen molar-refractivity contribution in [3.63, 3.8) is 0 Å². The third kappa shape index (κ3) is 3.05. The van der Waals surface area contributed by atoms with Gasteiger partial charge >= 0.3 is 5.97 Å². The lowest BCUT2D eigenvalue weighted by molar-refractivity contribution is -0.136. The van der Waals surface area contributed by atoms with E-state index in [1.165, 1.54) is 18.7 Å². The number of nitrogens with two attached hydrogens (primary N) is 1. The van der Waals surface area contributed by atoms with Crippen molar-refractivity contribution in [3.05, 3.63) is 70.6 Å². The maximum atomic E-state index is 12.3. The minimum atomic E-state index is -0.533. The normalized spacial score (nSPS) is 16.4. The first kappa shape index (κ1) is 16.9. The molecular weight excluding hydrogens is 318 g/mol. The number of esters is 1. The summed E-state index contributed by atoms with van der Waals surface area (Å²) in [6.07, 6.45) is 0. The molecule has 5 nitrogen and oxygen atoms in total. The minimum absolute atomic E-state index is 0.0112. The van der Waals surface area contributed by atoms with Gasteiger partial charge in [0, 0.05) is 11.6 Å². The summed E-state index contributed by atoms with van der Waals surface area (Å²) in [6, 6.07) is 12.8. The second-order valence-electron chi connectivity index (χ2n) is 6.35. The molecule has 1 atom stereocenters. The average molecular weight is 339 g/mol. The lowest BCUT2D eigenvalue weighted by atomic mass is 9.82. The second-order valence-corrected chi connectivity index (χ2v) is 6.35. The zero-order valence-electron chi connectivity index (χ0n) is 14.4. The molecule has 0 saturated heterocycles. The molecule has 1 unspecified atom stereocenters. The molecule has 3 N–H and O–H groups in total. The van der Waals surface area contributed by atoms with Crippen molar-refractivity contribution < 1.29 is 19.4 Å². The molecule has 0 bridgehead atoms. The number of aromatic hydroxyl groups is 1. The molecule has 1 aliphatic heterocycles. The van der Waals surface area contributed by atoms with Gasteiger partial charge in [-0.1, -0.05) is 44.2 Å². The average Bonchev–Trinajstić information content (AvgIpc) is 2.59. The van der Waals surface area contributed by atoms with E-state index in [0.29, 0.717) is 11.7 Å². The number of methoxy groups -OCH3 is 1. The quantitative estimate of drug-likeness (QED) is 0.838. The summed E-state index contributed by atoms with van der Waals surface area (Å²) in [5.74, 6) is -0.0474. The summed E-state index contributed by atoms with van der Waals surface area (Å²) < 4.78 is 10.5. The fourth-order valence-corrected chi connectivity index (χ4v) is 3.07. The highest BCUT2D eigenvalue weighted by Crippen LogP contribution is 2.43. The summed E-state index contributed by atoms with van der Waals surface area (Å²) >= 11 is 0. The van der Waals surface area contributed by atoms with Crippen LogP contribution in [0, 0.1) is 0 Å². The molecule has 2 aromatic carbocycles. The predicted octanol–water partition coefficient (Wildman–Crippen LogP) is 3.38. The molecule has 1 heterocycles. The molecule has 0 radical (unpaired) electrons. The first-order valence-electron chi connectivity index (χ1n) is 8.11. The van der Waals surface area contributed by atoms with Gasteiger partial charge in [0.05, 0.1) is 13.0 Å². The van der Waals surface area contributed by atoms with E-state index in [1.807, 2.05) is 24.3 Å². The molecule has 0 aliphatic carbocycles.